The van der Waals surface area contributed by atoms with Crippen molar-refractivity contribution in [1.82, 2.24) is 0 Å². The standard InChI is InChI=1S/C12H17N/c1-9(8-13)7-12-6-4-5-10(2)11(12)3/h4-7H,8,13H2,1-3H3. The highest BCUT2D eigenvalue weighted by molar-refractivity contribution is 5.57. The fourth-order valence-corrected chi connectivity index (χ4v) is 1.25. The third kappa shape index (κ3) is 2.43. The van der Waals surface area contributed by atoms with Gasteiger partial charge in [-0.1, -0.05) is 29.8 Å². The van der Waals surface area contributed by atoms with Gasteiger partial charge in [-0.05, 0) is 37.5 Å². The second kappa shape index (κ2) is 4.24. The molecule has 0 aliphatic heterocycles. The van der Waals surface area contributed by atoms with Crippen molar-refractivity contribution >= 4 is 6.08 Å². The molecular formula is C12H17N. The van der Waals surface area contributed by atoms with E-state index in [9.17, 15) is 0 Å². The maximum Gasteiger partial charge on any atom is 0.0137 e. The van der Waals surface area contributed by atoms with Crippen molar-refractivity contribution in [2.45, 2.75) is 20.8 Å². The Morgan fingerprint density at radius 3 is 2.69 bits per heavy atom. The van der Waals surface area contributed by atoms with Gasteiger partial charge in [0.25, 0.3) is 0 Å². The lowest BCUT2D eigenvalue weighted by Crippen LogP contribution is -1.99. The highest BCUT2D eigenvalue weighted by Gasteiger charge is 1.97. The van der Waals surface area contributed by atoms with Crippen LogP contribution >= 0.6 is 0 Å². The average molecular weight is 175 g/mol. The smallest absolute Gasteiger partial charge is 0.0137 e. The minimum Gasteiger partial charge on any atom is -0.327 e. The monoisotopic (exact) mass is 175 g/mol. The first kappa shape index (κ1) is 10.0. The van der Waals surface area contributed by atoms with Crippen LogP contribution in [0.4, 0.5) is 0 Å². The van der Waals surface area contributed by atoms with Crippen LogP contribution < -0.4 is 5.73 Å². The molecule has 0 spiro atoms. The fraction of sp³-hybridized carbons (Fsp3) is 0.333. The van der Waals surface area contributed by atoms with Crippen LogP contribution in [-0.4, -0.2) is 6.54 Å². The van der Waals surface area contributed by atoms with Crippen molar-refractivity contribution in [3.8, 4) is 0 Å². The van der Waals surface area contributed by atoms with Gasteiger partial charge in [0.1, 0.15) is 0 Å². The van der Waals surface area contributed by atoms with Gasteiger partial charge in [-0.25, -0.2) is 0 Å². The Hall–Kier alpha value is -1.08. The van der Waals surface area contributed by atoms with Crippen molar-refractivity contribution in [2.75, 3.05) is 6.54 Å². The molecule has 1 aromatic carbocycles. The molecule has 0 saturated carbocycles. The van der Waals surface area contributed by atoms with Gasteiger partial charge in [0.2, 0.25) is 0 Å². The van der Waals surface area contributed by atoms with E-state index < -0.39 is 0 Å². The first-order valence-corrected chi connectivity index (χ1v) is 4.58. The van der Waals surface area contributed by atoms with Crippen molar-refractivity contribution < 1.29 is 0 Å². The lowest BCUT2D eigenvalue weighted by molar-refractivity contribution is 1.15. The van der Waals surface area contributed by atoms with E-state index in [1.807, 2.05) is 0 Å². The van der Waals surface area contributed by atoms with E-state index in [1.165, 1.54) is 22.3 Å². The van der Waals surface area contributed by atoms with E-state index in [2.05, 4.69) is 45.0 Å². The number of hydrogen-bond donors (Lipinski definition) is 1. The van der Waals surface area contributed by atoms with Crippen LogP contribution in [0.5, 0.6) is 0 Å². The molecule has 1 nitrogen and oxygen atoms in total. The number of hydrogen-bond acceptors (Lipinski definition) is 1. The first-order chi connectivity index (χ1) is 6.15. The molecule has 0 atom stereocenters. The zero-order chi connectivity index (χ0) is 9.84. The third-order valence-electron chi connectivity index (χ3n) is 2.37. The summed E-state index contributed by atoms with van der Waals surface area (Å²) in [6.45, 7) is 6.96. The second-order valence-electron chi connectivity index (χ2n) is 3.48. The maximum absolute atomic E-state index is 5.54. The molecule has 0 unspecified atom stereocenters. The molecule has 2 N–H and O–H groups in total. The molecule has 0 fully saturated rings. The minimum atomic E-state index is 0.632. The fourth-order valence-electron chi connectivity index (χ4n) is 1.25. The van der Waals surface area contributed by atoms with Gasteiger partial charge >= 0.3 is 0 Å². The molecule has 1 heteroatoms. The van der Waals surface area contributed by atoms with E-state index >= 15 is 0 Å². The van der Waals surface area contributed by atoms with Gasteiger partial charge in [0.15, 0.2) is 0 Å². The molecule has 0 saturated heterocycles. The topological polar surface area (TPSA) is 26.0 Å². The molecule has 0 amide bonds. The van der Waals surface area contributed by atoms with Crippen molar-refractivity contribution in [3.63, 3.8) is 0 Å². The summed E-state index contributed by atoms with van der Waals surface area (Å²) in [5, 5.41) is 0. The van der Waals surface area contributed by atoms with Gasteiger partial charge in [-0.2, -0.15) is 0 Å². The highest BCUT2D eigenvalue weighted by Crippen LogP contribution is 2.15. The molecule has 0 aromatic heterocycles. The van der Waals surface area contributed by atoms with E-state index in [0.717, 1.165) is 0 Å². The van der Waals surface area contributed by atoms with Crippen LogP contribution in [-0.2, 0) is 0 Å². The Morgan fingerprint density at radius 1 is 1.38 bits per heavy atom. The predicted molar refractivity (Wildman–Crippen MR) is 58.6 cm³/mol. The SMILES string of the molecule is CC(=Cc1cccc(C)c1C)CN. The summed E-state index contributed by atoms with van der Waals surface area (Å²) >= 11 is 0. The lowest BCUT2D eigenvalue weighted by Gasteiger charge is -2.05. The Kier molecular flexibility index (Phi) is 3.26. The Balaban J connectivity index is 3.09. The maximum atomic E-state index is 5.54. The van der Waals surface area contributed by atoms with Gasteiger partial charge in [-0.15, -0.1) is 0 Å². The number of nitrogens with two attached hydrogens (primary N) is 1. The molecule has 0 radical (unpaired) electrons. The Morgan fingerprint density at radius 2 is 2.08 bits per heavy atom. The van der Waals surface area contributed by atoms with Crippen LogP contribution in [0.3, 0.4) is 0 Å². The van der Waals surface area contributed by atoms with Crippen molar-refractivity contribution in [1.29, 1.82) is 0 Å². The number of rotatable bonds is 2. The predicted octanol–water partition coefficient (Wildman–Crippen LogP) is 2.67. The minimum absolute atomic E-state index is 0.632. The van der Waals surface area contributed by atoms with Crippen molar-refractivity contribution in [2.24, 2.45) is 5.73 Å². The van der Waals surface area contributed by atoms with E-state index in [1.54, 1.807) is 0 Å². The van der Waals surface area contributed by atoms with Crippen LogP contribution in [0.25, 0.3) is 6.08 Å². The summed E-state index contributed by atoms with van der Waals surface area (Å²) in [5.74, 6) is 0. The van der Waals surface area contributed by atoms with E-state index in [0.29, 0.717) is 6.54 Å². The molecule has 1 aromatic rings. The van der Waals surface area contributed by atoms with Gasteiger partial charge in [0, 0.05) is 6.54 Å². The second-order valence-corrected chi connectivity index (χ2v) is 3.48. The summed E-state index contributed by atoms with van der Waals surface area (Å²) in [7, 11) is 0. The number of aryl methyl sites for hydroxylation is 1. The van der Waals surface area contributed by atoms with Gasteiger partial charge in [0.05, 0.1) is 0 Å². The summed E-state index contributed by atoms with van der Waals surface area (Å²) < 4.78 is 0. The summed E-state index contributed by atoms with van der Waals surface area (Å²) in [4.78, 5) is 0. The van der Waals surface area contributed by atoms with E-state index in [-0.39, 0.29) is 0 Å². The quantitative estimate of drug-likeness (QED) is 0.734. The lowest BCUT2D eigenvalue weighted by atomic mass is 10.0. The van der Waals surface area contributed by atoms with Crippen LogP contribution in [0.2, 0.25) is 0 Å². The van der Waals surface area contributed by atoms with Crippen LogP contribution in [0.15, 0.2) is 23.8 Å². The largest absolute Gasteiger partial charge is 0.327 e. The third-order valence-corrected chi connectivity index (χ3v) is 2.37. The molecule has 70 valence electrons. The van der Waals surface area contributed by atoms with Gasteiger partial charge in [-0.3, -0.25) is 0 Å². The molecule has 13 heavy (non-hydrogen) atoms. The van der Waals surface area contributed by atoms with Crippen LogP contribution in [0, 0.1) is 13.8 Å². The normalized spacial score (nSPS) is 11.8. The zero-order valence-electron chi connectivity index (χ0n) is 8.59. The zero-order valence-corrected chi connectivity index (χ0v) is 8.59. The Labute approximate surface area is 80.3 Å². The highest BCUT2D eigenvalue weighted by atomic mass is 14.5. The molecular weight excluding hydrogens is 158 g/mol. The molecule has 0 aliphatic carbocycles. The summed E-state index contributed by atoms with van der Waals surface area (Å²) in [6, 6.07) is 6.34. The van der Waals surface area contributed by atoms with E-state index in [4.69, 9.17) is 5.73 Å². The number of benzene rings is 1. The summed E-state index contributed by atoms with van der Waals surface area (Å²) in [6.07, 6.45) is 2.16. The summed E-state index contributed by atoms with van der Waals surface area (Å²) in [5.41, 5.74) is 10.7. The molecule has 0 heterocycles. The first-order valence-electron chi connectivity index (χ1n) is 4.58. The molecule has 1 rings (SSSR count). The molecule has 0 bridgehead atoms. The van der Waals surface area contributed by atoms with Crippen LogP contribution in [0.1, 0.15) is 23.6 Å². The Bertz CT molecular complexity index is 324. The average Bonchev–Trinajstić information content (AvgIpc) is 2.13. The van der Waals surface area contributed by atoms with Gasteiger partial charge < -0.3 is 5.73 Å². The molecule has 0 aliphatic rings. The van der Waals surface area contributed by atoms with Crippen molar-refractivity contribution in [3.05, 3.63) is 40.5 Å².